The van der Waals surface area contributed by atoms with Crippen molar-refractivity contribution in [3.63, 3.8) is 0 Å². The highest BCUT2D eigenvalue weighted by Crippen LogP contribution is 2.18. The minimum atomic E-state index is -0.882. The summed E-state index contributed by atoms with van der Waals surface area (Å²) in [5.74, 6) is -0.413. The number of urea groups is 1. The van der Waals surface area contributed by atoms with Crippen molar-refractivity contribution in [3.8, 4) is 0 Å². The number of carbonyl (C=O) groups excluding carboxylic acids is 1. The second kappa shape index (κ2) is 9.86. The molecule has 1 aromatic heterocycles. The van der Waals surface area contributed by atoms with Gasteiger partial charge in [0.1, 0.15) is 5.01 Å². The molecule has 0 radical (unpaired) electrons. The molecular weight excluding hydrogens is 352 g/mol. The van der Waals surface area contributed by atoms with Crippen LogP contribution in [0.25, 0.3) is 0 Å². The quantitative estimate of drug-likeness (QED) is 0.623. The number of amides is 2. The average molecular weight is 376 g/mol. The summed E-state index contributed by atoms with van der Waals surface area (Å²) in [6.07, 6.45) is 1.73. The van der Waals surface area contributed by atoms with Crippen LogP contribution in [0, 0.1) is 5.92 Å². The SMILES string of the molecule is CC(C)Cc1nnc(NC(=O)NC(CCC(=O)O)Cc2ccccc2)s1. The number of nitrogens with zero attached hydrogens (tertiary/aromatic N) is 2. The molecule has 26 heavy (non-hydrogen) atoms. The maximum Gasteiger partial charge on any atom is 0.321 e. The first-order chi connectivity index (χ1) is 12.4. The van der Waals surface area contributed by atoms with Gasteiger partial charge in [0.15, 0.2) is 0 Å². The Morgan fingerprint density at radius 3 is 2.54 bits per heavy atom. The van der Waals surface area contributed by atoms with Gasteiger partial charge in [-0.15, -0.1) is 10.2 Å². The lowest BCUT2D eigenvalue weighted by molar-refractivity contribution is -0.137. The zero-order valence-electron chi connectivity index (χ0n) is 14.9. The van der Waals surface area contributed by atoms with Crippen molar-refractivity contribution in [3.05, 3.63) is 40.9 Å². The van der Waals surface area contributed by atoms with Gasteiger partial charge >= 0.3 is 12.0 Å². The highest BCUT2D eigenvalue weighted by molar-refractivity contribution is 7.15. The number of rotatable bonds is 9. The Bertz CT molecular complexity index is 718. The van der Waals surface area contributed by atoms with Crippen molar-refractivity contribution < 1.29 is 14.7 Å². The van der Waals surface area contributed by atoms with Crippen LogP contribution in [0.1, 0.15) is 37.3 Å². The Hall–Kier alpha value is -2.48. The second-order valence-electron chi connectivity index (χ2n) is 6.52. The van der Waals surface area contributed by atoms with E-state index in [4.69, 9.17) is 5.11 Å². The molecule has 1 unspecified atom stereocenters. The van der Waals surface area contributed by atoms with Crippen LogP contribution in [0.3, 0.4) is 0 Å². The van der Waals surface area contributed by atoms with Crippen molar-refractivity contribution in [2.45, 2.75) is 45.6 Å². The number of hydrogen-bond donors (Lipinski definition) is 3. The molecule has 0 aliphatic carbocycles. The fourth-order valence-electron chi connectivity index (χ4n) is 2.48. The van der Waals surface area contributed by atoms with E-state index in [-0.39, 0.29) is 12.5 Å². The van der Waals surface area contributed by atoms with E-state index in [9.17, 15) is 9.59 Å². The molecule has 0 saturated heterocycles. The Kier molecular flexibility index (Phi) is 7.53. The highest BCUT2D eigenvalue weighted by atomic mass is 32.1. The van der Waals surface area contributed by atoms with Crippen LogP contribution in [0.5, 0.6) is 0 Å². The van der Waals surface area contributed by atoms with Gasteiger partial charge in [-0.2, -0.15) is 0 Å². The Balaban J connectivity index is 1.93. The van der Waals surface area contributed by atoms with Gasteiger partial charge in [-0.25, -0.2) is 4.79 Å². The normalized spacial score (nSPS) is 12.0. The molecule has 2 aromatic rings. The third-order valence-corrected chi connectivity index (χ3v) is 4.50. The van der Waals surface area contributed by atoms with Gasteiger partial charge in [0.25, 0.3) is 0 Å². The first kappa shape index (κ1) is 19.8. The van der Waals surface area contributed by atoms with E-state index in [1.807, 2.05) is 30.3 Å². The summed E-state index contributed by atoms with van der Waals surface area (Å²) in [6.45, 7) is 4.19. The van der Waals surface area contributed by atoms with Crippen molar-refractivity contribution >= 4 is 28.5 Å². The molecule has 3 N–H and O–H groups in total. The Morgan fingerprint density at radius 2 is 1.88 bits per heavy atom. The first-order valence-corrected chi connectivity index (χ1v) is 9.39. The van der Waals surface area contributed by atoms with E-state index >= 15 is 0 Å². The standard InChI is InChI=1S/C18H24N4O3S/c1-12(2)10-15-21-22-18(26-15)20-17(25)19-14(8-9-16(23)24)11-13-6-4-3-5-7-13/h3-7,12,14H,8-11H2,1-2H3,(H,23,24)(H2,19,20,22,25). The smallest absolute Gasteiger partial charge is 0.321 e. The number of hydrogen-bond acceptors (Lipinski definition) is 5. The van der Waals surface area contributed by atoms with E-state index in [0.717, 1.165) is 17.0 Å². The summed E-state index contributed by atoms with van der Waals surface area (Å²) in [5.41, 5.74) is 1.04. The Labute approximate surface area is 156 Å². The summed E-state index contributed by atoms with van der Waals surface area (Å²) in [6, 6.07) is 8.98. The van der Waals surface area contributed by atoms with Crippen LogP contribution < -0.4 is 10.6 Å². The van der Waals surface area contributed by atoms with Crippen molar-refractivity contribution in [1.29, 1.82) is 0 Å². The largest absolute Gasteiger partial charge is 0.481 e. The molecule has 1 aromatic carbocycles. The first-order valence-electron chi connectivity index (χ1n) is 8.58. The van der Waals surface area contributed by atoms with E-state index in [0.29, 0.717) is 23.9 Å². The molecule has 1 heterocycles. The monoisotopic (exact) mass is 376 g/mol. The molecule has 8 heteroatoms. The summed E-state index contributed by atoms with van der Waals surface area (Å²) >= 11 is 1.35. The number of nitrogens with one attached hydrogen (secondary N) is 2. The zero-order valence-corrected chi connectivity index (χ0v) is 15.8. The Morgan fingerprint density at radius 1 is 1.15 bits per heavy atom. The maximum absolute atomic E-state index is 12.3. The number of benzene rings is 1. The molecule has 0 aliphatic rings. The molecule has 0 saturated carbocycles. The van der Waals surface area contributed by atoms with Gasteiger partial charge in [-0.1, -0.05) is 55.5 Å². The van der Waals surface area contributed by atoms with Crippen LogP contribution in [0.15, 0.2) is 30.3 Å². The molecule has 7 nitrogen and oxygen atoms in total. The molecule has 1 atom stereocenters. The molecule has 0 fully saturated rings. The lowest BCUT2D eigenvalue weighted by atomic mass is 10.0. The number of carboxylic acids is 1. The highest BCUT2D eigenvalue weighted by Gasteiger charge is 2.16. The minimum Gasteiger partial charge on any atom is -0.481 e. The molecule has 140 valence electrons. The van der Waals surface area contributed by atoms with Gasteiger partial charge in [0.05, 0.1) is 0 Å². The van der Waals surface area contributed by atoms with Gasteiger partial charge in [0, 0.05) is 18.9 Å². The van der Waals surface area contributed by atoms with Crippen molar-refractivity contribution in [2.75, 3.05) is 5.32 Å². The van der Waals surface area contributed by atoms with E-state index in [1.54, 1.807) is 0 Å². The van der Waals surface area contributed by atoms with E-state index in [2.05, 4.69) is 34.7 Å². The van der Waals surface area contributed by atoms with Gasteiger partial charge in [-0.05, 0) is 24.3 Å². The zero-order chi connectivity index (χ0) is 18.9. The average Bonchev–Trinajstić information content (AvgIpc) is 2.99. The lowest BCUT2D eigenvalue weighted by Crippen LogP contribution is -2.39. The maximum atomic E-state index is 12.3. The van der Waals surface area contributed by atoms with Crippen LogP contribution in [0.4, 0.5) is 9.93 Å². The lowest BCUT2D eigenvalue weighted by Gasteiger charge is -2.18. The molecule has 0 bridgehead atoms. The summed E-state index contributed by atoms with van der Waals surface area (Å²) in [5, 5.41) is 23.8. The van der Waals surface area contributed by atoms with E-state index < -0.39 is 12.0 Å². The van der Waals surface area contributed by atoms with Crippen molar-refractivity contribution in [2.24, 2.45) is 5.92 Å². The van der Waals surface area contributed by atoms with Gasteiger partial charge in [0.2, 0.25) is 5.13 Å². The third-order valence-electron chi connectivity index (χ3n) is 3.64. The number of carbonyl (C=O) groups is 2. The fraction of sp³-hybridized carbons (Fsp3) is 0.444. The second-order valence-corrected chi connectivity index (χ2v) is 7.58. The van der Waals surface area contributed by atoms with E-state index in [1.165, 1.54) is 11.3 Å². The predicted octanol–water partition coefficient (Wildman–Crippen LogP) is 3.33. The van der Waals surface area contributed by atoms with Gasteiger partial charge < -0.3 is 10.4 Å². The molecule has 2 rings (SSSR count). The molecule has 0 aliphatic heterocycles. The molecule has 0 spiro atoms. The molecule has 2 amide bonds. The number of aromatic nitrogens is 2. The van der Waals surface area contributed by atoms with Crippen LogP contribution in [-0.4, -0.2) is 33.3 Å². The fourth-order valence-corrected chi connectivity index (χ4v) is 3.42. The number of carboxylic acid groups (broad SMARTS) is 1. The summed E-state index contributed by atoms with van der Waals surface area (Å²) in [4.78, 5) is 23.1. The third kappa shape index (κ3) is 7.18. The van der Waals surface area contributed by atoms with Crippen LogP contribution >= 0.6 is 11.3 Å². The topological polar surface area (TPSA) is 104 Å². The predicted molar refractivity (Wildman–Crippen MR) is 101 cm³/mol. The summed E-state index contributed by atoms with van der Waals surface area (Å²) < 4.78 is 0. The minimum absolute atomic E-state index is 0.00484. The number of aliphatic carboxylic acids is 1. The van der Waals surface area contributed by atoms with Crippen molar-refractivity contribution in [1.82, 2.24) is 15.5 Å². The summed E-state index contributed by atoms with van der Waals surface area (Å²) in [7, 11) is 0. The van der Waals surface area contributed by atoms with Crippen LogP contribution in [0.2, 0.25) is 0 Å². The number of anilines is 1. The van der Waals surface area contributed by atoms with Gasteiger partial charge in [-0.3, -0.25) is 10.1 Å². The molecular formula is C18H24N4O3S. The van der Waals surface area contributed by atoms with Crippen LogP contribution in [-0.2, 0) is 17.6 Å².